The SMILES string of the molecule is NC(=O)CN(C1CCNCC1)S(=O)(=O)CC1CCCO1. The summed E-state index contributed by atoms with van der Waals surface area (Å²) in [6.45, 7) is 1.90. The summed E-state index contributed by atoms with van der Waals surface area (Å²) in [5.41, 5.74) is 5.21. The Labute approximate surface area is 119 Å². The second-order valence-corrected chi connectivity index (χ2v) is 7.37. The van der Waals surface area contributed by atoms with Gasteiger partial charge >= 0.3 is 0 Å². The first-order valence-corrected chi connectivity index (χ1v) is 8.70. The standard InChI is InChI=1S/C12H23N3O4S/c13-12(16)8-15(10-3-5-14-6-4-10)20(17,18)9-11-2-1-7-19-11/h10-11,14H,1-9H2,(H2,13,16). The molecule has 1 atom stereocenters. The summed E-state index contributed by atoms with van der Waals surface area (Å²) in [6.07, 6.45) is 2.81. The maximum absolute atomic E-state index is 12.5. The van der Waals surface area contributed by atoms with Gasteiger partial charge in [-0.25, -0.2) is 8.42 Å². The van der Waals surface area contributed by atoms with Crippen molar-refractivity contribution in [3.8, 4) is 0 Å². The van der Waals surface area contributed by atoms with Crippen molar-refractivity contribution in [1.29, 1.82) is 0 Å². The Bertz CT molecular complexity index is 428. The summed E-state index contributed by atoms with van der Waals surface area (Å²) < 4.78 is 31.8. The van der Waals surface area contributed by atoms with Gasteiger partial charge in [-0.15, -0.1) is 0 Å². The minimum absolute atomic E-state index is 0.0514. The lowest BCUT2D eigenvalue weighted by atomic mass is 10.1. The van der Waals surface area contributed by atoms with Gasteiger partial charge in [0.05, 0.1) is 18.4 Å². The summed E-state index contributed by atoms with van der Waals surface area (Å²) in [5.74, 6) is -0.663. The molecule has 0 saturated carbocycles. The van der Waals surface area contributed by atoms with Crippen LogP contribution in [0.4, 0.5) is 0 Å². The Morgan fingerprint density at radius 3 is 2.55 bits per heavy atom. The van der Waals surface area contributed by atoms with Gasteiger partial charge in [-0.05, 0) is 38.8 Å². The molecule has 2 aliphatic rings. The molecule has 0 spiro atoms. The van der Waals surface area contributed by atoms with E-state index in [2.05, 4.69) is 5.32 Å². The lowest BCUT2D eigenvalue weighted by Gasteiger charge is -2.33. The zero-order valence-electron chi connectivity index (χ0n) is 11.6. The molecule has 7 nitrogen and oxygen atoms in total. The van der Waals surface area contributed by atoms with Crippen LogP contribution >= 0.6 is 0 Å². The van der Waals surface area contributed by atoms with E-state index in [-0.39, 0.29) is 24.4 Å². The van der Waals surface area contributed by atoms with Crippen molar-refractivity contribution in [2.45, 2.75) is 37.8 Å². The van der Waals surface area contributed by atoms with Gasteiger partial charge in [0.1, 0.15) is 0 Å². The van der Waals surface area contributed by atoms with Gasteiger partial charge in [-0.2, -0.15) is 4.31 Å². The van der Waals surface area contributed by atoms with Crippen LogP contribution in [0.2, 0.25) is 0 Å². The number of nitrogens with zero attached hydrogens (tertiary/aromatic N) is 1. The van der Waals surface area contributed by atoms with Crippen LogP contribution in [-0.2, 0) is 19.6 Å². The van der Waals surface area contributed by atoms with Gasteiger partial charge in [0.2, 0.25) is 15.9 Å². The lowest BCUT2D eigenvalue weighted by molar-refractivity contribution is -0.118. The van der Waals surface area contributed by atoms with Crippen LogP contribution in [0.25, 0.3) is 0 Å². The van der Waals surface area contributed by atoms with Crippen LogP contribution in [0.1, 0.15) is 25.7 Å². The largest absolute Gasteiger partial charge is 0.377 e. The normalized spacial score (nSPS) is 25.1. The number of primary amides is 1. The quantitative estimate of drug-likeness (QED) is 0.658. The third-order valence-electron chi connectivity index (χ3n) is 3.81. The molecule has 116 valence electrons. The van der Waals surface area contributed by atoms with E-state index in [0.29, 0.717) is 19.4 Å². The minimum Gasteiger partial charge on any atom is -0.377 e. The smallest absolute Gasteiger partial charge is 0.232 e. The molecule has 1 unspecified atom stereocenters. The third-order valence-corrected chi connectivity index (χ3v) is 5.74. The zero-order chi connectivity index (χ0) is 14.6. The van der Waals surface area contributed by atoms with E-state index in [4.69, 9.17) is 10.5 Å². The third kappa shape index (κ3) is 4.15. The highest BCUT2D eigenvalue weighted by atomic mass is 32.2. The van der Waals surface area contributed by atoms with E-state index >= 15 is 0 Å². The molecule has 0 radical (unpaired) electrons. The first-order valence-electron chi connectivity index (χ1n) is 7.09. The number of amides is 1. The number of nitrogens with one attached hydrogen (secondary N) is 1. The minimum atomic E-state index is -3.52. The molecule has 1 amide bonds. The topological polar surface area (TPSA) is 102 Å². The number of carbonyl (C=O) groups excluding carboxylic acids is 1. The maximum atomic E-state index is 12.5. The fourth-order valence-electron chi connectivity index (χ4n) is 2.81. The van der Waals surface area contributed by atoms with Crippen molar-refractivity contribution < 1.29 is 17.9 Å². The number of ether oxygens (including phenoxy) is 1. The van der Waals surface area contributed by atoms with Crippen molar-refractivity contribution in [3.63, 3.8) is 0 Å². The van der Waals surface area contributed by atoms with E-state index in [1.165, 1.54) is 4.31 Å². The van der Waals surface area contributed by atoms with Crippen LogP contribution in [0.3, 0.4) is 0 Å². The fraction of sp³-hybridized carbons (Fsp3) is 0.917. The van der Waals surface area contributed by atoms with Crippen molar-refractivity contribution in [2.24, 2.45) is 5.73 Å². The van der Waals surface area contributed by atoms with Gasteiger partial charge in [0.25, 0.3) is 0 Å². The van der Waals surface area contributed by atoms with Crippen LogP contribution in [-0.4, -0.2) is 62.8 Å². The molecule has 2 aliphatic heterocycles. The van der Waals surface area contributed by atoms with Crippen LogP contribution in [0.15, 0.2) is 0 Å². The molecule has 2 rings (SSSR count). The highest BCUT2D eigenvalue weighted by molar-refractivity contribution is 7.89. The van der Waals surface area contributed by atoms with Gasteiger partial charge in [-0.1, -0.05) is 0 Å². The molecule has 2 fully saturated rings. The molecule has 2 saturated heterocycles. The van der Waals surface area contributed by atoms with Crippen molar-refractivity contribution >= 4 is 15.9 Å². The van der Waals surface area contributed by atoms with E-state index in [1.54, 1.807) is 0 Å². The second-order valence-electron chi connectivity index (χ2n) is 5.41. The highest BCUT2D eigenvalue weighted by Gasteiger charge is 2.34. The molecule has 8 heteroatoms. The lowest BCUT2D eigenvalue weighted by Crippen LogP contribution is -2.50. The molecule has 3 N–H and O–H groups in total. The summed E-state index contributed by atoms with van der Waals surface area (Å²) in [7, 11) is -3.52. The summed E-state index contributed by atoms with van der Waals surface area (Å²) in [4.78, 5) is 11.2. The number of rotatable bonds is 6. The average molecular weight is 305 g/mol. The summed E-state index contributed by atoms with van der Waals surface area (Å²) >= 11 is 0. The summed E-state index contributed by atoms with van der Waals surface area (Å²) in [5, 5.41) is 3.19. The Hall–Kier alpha value is -0.700. The van der Waals surface area contributed by atoms with Gasteiger partial charge in [0.15, 0.2) is 0 Å². The monoisotopic (exact) mass is 305 g/mol. The van der Waals surface area contributed by atoms with Crippen LogP contribution < -0.4 is 11.1 Å². The molecule has 20 heavy (non-hydrogen) atoms. The first kappa shape index (κ1) is 15.7. The van der Waals surface area contributed by atoms with Crippen molar-refractivity contribution in [2.75, 3.05) is 32.0 Å². The predicted molar refractivity (Wildman–Crippen MR) is 74.6 cm³/mol. The Morgan fingerprint density at radius 1 is 1.30 bits per heavy atom. The maximum Gasteiger partial charge on any atom is 0.232 e. The highest BCUT2D eigenvalue weighted by Crippen LogP contribution is 2.20. The van der Waals surface area contributed by atoms with E-state index in [9.17, 15) is 13.2 Å². The number of carbonyl (C=O) groups is 1. The van der Waals surface area contributed by atoms with Crippen LogP contribution in [0.5, 0.6) is 0 Å². The Balaban J connectivity index is 2.08. The zero-order valence-corrected chi connectivity index (χ0v) is 12.4. The number of hydrogen-bond donors (Lipinski definition) is 2. The van der Waals surface area contributed by atoms with Crippen LogP contribution in [0, 0.1) is 0 Å². The molecule has 0 bridgehead atoms. The first-order chi connectivity index (χ1) is 9.49. The Morgan fingerprint density at radius 2 is 2.00 bits per heavy atom. The molecule has 0 aromatic rings. The molecule has 0 aromatic carbocycles. The number of hydrogen-bond acceptors (Lipinski definition) is 5. The molecule has 0 aromatic heterocycles. The number of sulfonamides is 1. The van der Waals surface area contributed by atoms with Crippen molar-refractivity contribution in [3.05, 3.63) is 0 Å². The number of piperidine rings is 1. The molecular formula is C12H23N3O4S. The van der Waals surface area contributed by atoms with E-state index in [0.717, 1.165) is 25.9 Å². The molecule has 0 aliphatic carbocycles. The summed E-state index contributed by atoms with van der Waals surface area (Å²) in [6, 6.07) is -0.143. The average Bonchev–Trinajstić information content (AvgIpc) is 2.88. The second kappa shape index (κ2) is 6.84. The molecule has 2 heterocycles. The number of nitrogens with two attached hydrogens (primary N) is 1. The van der Waals surface area contributed by atoms with Gasteiger partial charge in [-0.3, -0.25) is 4.79 Å². The van der Waals surface area contributed by atoms with E-state index in [1.807, 2.05) is 0 Å². The predicted octanol–water partition coefficient (Wildman–Crippen LogP) is -0.965. The Kier molecular flexibility index (Phi) is 5.36. The molecular weight excluding hydrogens is 282 g/mol. The fourth-order valence-corrected chi connectivity index (χ4v) is 4.72. The van der Waals surface area contributed by atoms with Crippen molar-refractivity contribution in [1.82, 2.24) is 9.62 Å². The van der Waals surface area contributed by atoms with Gasteiger partial charge in [0, 0.05) is 12.6 Å². The van der Waals surface area contributed by atoms with E-state index < -0.39 is 15.9 Å². The van der Waals surface area contributed by atoms with Gasteiger partial charge < -0.3 is 15.8 Å².